The van der Waals surface area contributed by atoms with E-state index in [1.54, 1.807) is 0 Å². The summed E-state index contributed by atoms with van der Waals surface area (Å²) in [6.07, 6.45) is 6.48. The zero-order chi connectivity index (χ0) is 23.5. The van der Waals surface area contributed by atoms with Gasteiger partial charge in [0.2, 0.25) is 5.91 Å². The van der Waals surface area contributed by atoms with Gasteiger partial charge < -0.3 is 14.8 Å². The van der Waals surface area contributed by atoms with Crippen LogP contribution >= 0.6 is 0 Å². The normalized spacial score (nSPS) is 16.9. The van der Waals surface area contributed by atoms with Gasteiger partial charge in [0, 0.05) is 37.2 Å². The van der Waals surface area contributed by atoms with E-state index in [-0.39, 0.29) is 17.9 Å². The molecule has 2 aliphatic rings. The molecule has 0 radical (unpaired) electrons. The highest BCUT2D eigenvalue weighted by molar-refractivity contribution is 5.95. The van der Waals surface area contributed by atoms with E-state index >= 15 is 0 Å². The van der Waals surface area contributed by atoms with Crippen molar-refractivity contribution >= 4 is 11.8 Å². The maximum atomic E-state index is 13.1. The molecule has 0 fully saturated rings. The lowest BCUT2D eigenvalue weighted by Crippen LogP contribution is -2.35. The van der Waals surface area contributed by atoms with Crippen molar-refractivity contribution in [3.63, 3.8) is 0 Å². The van der Waals surface area contributed by atoms with Crippen LogP contribution in [0.3, 0.4) is 0 Å². The zero-order valence-corrected chi connectivity index (χ0v) is 20.2. The lowest BCUT2D eigenvalue weighted by atomic mass is 10.0. The maximum Gasteiger partial charge on any atom is 0.251 e. The molecule has 0 saturated carbocycles. The molecule has 7 nitrogen and oxygen atoms in total. The van der Waals surface area contributed by atoms with Crippen molar-refractivity contribution in [2.75, 3.05) is 13.1 Å². The van der Waals surface area contributed by atoms with Gasteiger partial charge in [-0.3, -0.25) is 9.59 Å². The van der Waals surface area contributed by atoms with E-state index in [2.05, 4.69) is 46.1 Å². The Morgan fingerprint density at radius 1 is 1.03 bits per heavy atom. The van der Waals surface area contributed by atoms with Crippen LogP contribution in [0.5, 0.6) is 0 Å². The predicted molar refractivity (Wildman–Crippen MR) is 128 cm³/mol. The van der Waals surface area contributed by atoms with Crippen molar-refractivity contribution in [3.8, 4) is 0 Å². The van der Waals surface area contributed by atoms with E-state index in [1.165, 1.54) is 0 Å². The fraction of sp³-hybridized carbons (Fsp3) is 0.538. The number of aryl methyl sites for hydroxylation is 2. The summed E-state index contributed by atoms with van der Waals surface area (Å²) in [7, 11) is 0. The third-order valence-corrected chi connectivity index (χ3v) is 6.47. The second kappa shape index (κ2) is 9.89. The second-order valence-electron chi connectivity index (χ2n) is 9.82. The Bertz CT molecular complexity index is 1050. The van der Waals surface area contributed by atoms with E-state index in [1.807, 2.05) is 30.9 Å². The van der Waals surface area contributed by atoms with Crippen LogP contribution in [0.4, 0.5) is 0 Å². The monoisotopic (exact) mass is 449 g/mol. The van der Waals surface area contributed by atoms with Crippen LogP contribution in [-0.4, -0.2) is 44.6 Å². The summed E-state index contributed by atoms with van der Waals surface area (Å²) in [5.41, 5.74) is 3.75. The highest BCUT2D eigenvalue weighted by Gasteiger charge is 2.28. The van der Waals surface area contributed by atoms with Gasteiger partial charge in [0.05, 0.1) is 6.04 Å². The van der Waals surface area contributed by atoms with E-state index in [0.29, 0.717) is 37.5 Å². The lowest BCUT2D eigenvalue weighted by Gasteiger charge is -2.23. The summed E-state index contributed by atoms with van der Waals surface area (Å²) in [4.78, 5) is 28.0. The van der Waals surface area contributed by atoms with E-state index in [9.17, 15) is 9.59 Å². The maximum absolute atomic E-state index is 13.1. The minimum atomic E-state index is -0.237. The van der Waals surface area contributed by atoms with Crippen LogP contribution in [0.2, 0.25) is 0 Å². The molecule has 4 rings (SSSR count). The average molecular weight is 450 g/mol. The Morgan fingerprint density at radius 2 is 1.79 bits per heavy atom. The molecule has 7 heteroatoms. The molecule has 1 aliphatic carbocycles. The van der Waals surface area contributed by atoms with E-state index < -0.39 is 0 Å². The molecular weight excluding hydrogens is 414 g/mol. The molecule has 1 aliphatic heterocycles. The molecule has 0 bridgehead atoms. The third-order valence-electron chi connectivity index (χ3n) is 6.47. The quantitative estimate of drug-likeness (QED) is 0.725. The molecule has 2 aromatic rings. The first-order valence-electron chi connectivity index (χ1n) is 12.1. The first-order chi connectivity index (χ1) is 15.8. The molecule has 2 heterocycles. The fourth-order valence-corrected chi connectivity index (χ4v) is 4.92. The summed E-state index contributed by atoms with van der Waals surface area (Å²) in [6, 6.07) is 5.66. The molecule has 0 saturated heterocycles. The van der Waals surface area contributed by atoms with Crippen LogP contribution in [0, 0.1) is 19.8 Å². The number of aromatic nitrogens is 3. The topological polar surface area (TPSA) is 80.1 Å². The minimum absolute atomic E-state index is 0.0941. The first kappa shape index (κ1) is 23.2. The molecule has 1 aromatic carbocycles. The van der Waals surface area contributed by atoms with E-state index in [4.69, 9.17) is 0 Å². The summed E-state index contributed by atoms with van der Waals surface area (Å²) < 4.78 is 2.12. The highest BCUT2D eigenvalue weighted by Crippen LogP contribution is 2.25. The Labute approximate surface area is 196 Å². The first-order valence-corrected chi connectivity index (χ1v) is 12.1. The fourth-order valence-electron chi connectivity index (χ4n) is 4.92. The van der Waals surface area contributed by atoms with Crippen molar-refractivity contribution in [2.45, 2.75) is 72.4 Å². The largest absolute Gasteiger partial charge is 0.342 e. The molecule has 0 unspecified atom stereocenters. The molecule has 1 aromatic heterocycles. The molecule has 0 spiro atoms. The number of carbonyl (C=O) groups is 2. The number of amides is 2. The predicted octanol–water partition coefficient (Wildman–Crippen LogP) is 3.91. The molecule has 33 heavy (non-hydrogen) atoms. The van der Waals surface area contributed by atoms with Crippen molar-refractivity contribution in [2.24, 2.45) is 5.92 Å². The summed E-state index contributed by atoms with van der Waals surface area (Å²) in [5, 5.41) is 12.2. The average Bonchev–Trinajstić information content (AvgIpc) is 3.38. The molecule has 1 atom stereocenters. The number of hydrogen-bond acceptors (Lipinski definition) is 4. The standard InChI is InChI=1S/C26H35N5O2/c1-17(2)13-22(27-25(32)21-15-18(3)14-19(4)16-21)24-29-28-23-9-10-30(11-12-31(23)24)26(33)20-7-5-6-8-20/h7,14-17,22H,5-6,8-13H2,1-4H3,(H,27,32)/t22-/m1/s1. The van der Waals surface area contributed by atoms with Crippen LogP contribution in [0.1, 0.15) is 78.7 Å². The van der Waals surface area contributed by atoms with E-state index in [0.717, 1.165) is 54.0 Å². The Balaban J connectivity index is 1.53. The van der Waals surface area contributed by atoms with Gasteiger partial charge in [-0.25, -0.2) is 0 Å². The number of rotatable bonds is 6. The number of nitrogens with one attached hydrogen (secondary N) is 1. The number of benzene rings is 1. The van der Waals surface area contributed by atoms with Crippen molar-refractivity contribution < 1.29 is 9.59 Å². The summed E-state index contributed by atoms with van der Waals surface area (Å²) in [5.74, 6) is 2.11. The van der Waals surface area contributed by atoms with Crippen LogP contribution in [0.15, 0.2) is 29.8 Å². The van der Waals surface area contributed by atoms with Crippen LogP contribution in [0.25, 0.3) is 0 Å². The van der Waals surface area contributed by atoms with Gasteiger partial charge in [-0.2, -0.15) is 0 Å². The molecule has 2 amide bonds. The summed E-state index contributed by atoms with van der Waals surface area (Å²) >= 11 is 0. The SMILES string of the molecule is Cc1cc(C)cc(C(=O)N[C@H](CC(C)C)c2nnc3n2CCN(C(=O)C2=CCCC2)CC3)c1. The number of hydrogen-bond donors (Lipinski definition) is 1. The van der Waals surface area contributed by atoms with Crippen molar-refractivity contribution in [3.05, 3.63) is 58.2 Å². The third kappa shape index (κ3) is 5.34. The number of allylic oxidation sites excluding steroid dienone is 1. The summed E-state index contributed by atoms with van der Waals surface area (Å²) in [6.45, 7) is 10.2. The number of carbonyl (C=O) groups excluding carboxylic acids is 2. The lowest BCUT2D eigenvalue weighted by molar-refractivity contribution is -0.127. The van der Waals surface area contributed by atoms with Gasteiger partial charge in [0.15, 0.2) is 5.82 Å². The van der Waals surface area contributed by atoms with Crippen molar-refractivity contribution in [1.29, 1.82) is 0 Å². The molecular formula is C26H35N5O2. The molecule has 1 N–H and O–H groups in total. The van der Waals surface area contributed by atoms with Gasteiger partial charge >= 0.3 is 0 Å². The van der Waals surface area contributed by atoms with Gasteiger partial charge in [0.25, 0.3) is 5.91 Å². The van der Waals surface area contributed by atoms with Gasteiger partial charge in [-0.05, 0) is 57.6 Å². The van der Waals surface area contributed by atoms with Gasteiger partial charge in [-0.15, -0.1) is 10.2 Å². The molecule has 176 valence electrons. The highest BCUT2D eigenvalue weighted by atomic mass is 16.2. The zero-order valence-electron chi connectivity index (χ0n) is 20.2. The smallest absolute Gasteiger partial charge is 0.251 e. The van der Waals surface area contributed by atoms with Gasteiger partial charge in [-0.1, -0.05) is 37.1 Å². The van der Waals surface area contributed by atoms with Gasteiger partial charge in [0.1, 0.15) is 5.82 Å². The minimum Gasteiger partial charge on any atom is -0.342 e. The number of nitrogens with zero attached hydrogens (tertiary/aromatic N) is 4. The van der Waals surface area contributed by atoms with Crippen LogP contribution < -0.4 is 5.32 Å². The Hall–Kier alpha value is -2.96. The number of fused-ring (bicyclic) bond motifs is 1. The van der Waals surface area contributed by atoms with Crippen LogP contribution in [-0.2, 0) is 17.8 Å². The Kier molecular flexibility index (Phi) is 6.96. The Morgan fingerprint density at radius 3 is 2.45 bits per heavy atom. The van der Waals surface area contributed by atoms with Crippen molar-refractivity contribution in [1.82, 2.24) is 25.0 Å². The second-order valence-corrected chi connectivity index (χ2v) is 9.82.